The number of nitrogens with zero attached hydrogens (tertiary/aromatic N) is 1. The summed E-state index contributed by atoms with van der Waals surface area (Å²) in [4.78, 5) is 50.3. The lowest BCUT2D eigenvalue weighted by atomic mass is 9.71. The molecule has 1 heterocycles. The number of hydrogen-bond donors (Lipinski definition) is 1. The van der Waals surface area contributed by atoms with Crippen LogP contribution in [-0.2, 0) is 30.4 Å². The van der Waals surface area contributed by atoms with Crippen LogP contribution in [0.1, 0.15) is 46.1 Å². The van der Waals surface area contributed by atoms with Gasteiger partial charge in [0.15, 0.2) is 5.54 Å². The summed E-state index contributed by atoms with van der Waals surface area (Å²) in [5.41, 5.74) is -1.44. The van der Waals surface area contributed by atoms with E-state index in [0.29, 0.717) is 6.42 Å². The minimum atomic E-state index is -1.47. The molecule has 0 unspecified atom stereocenters. The van der Waals surface area contributed by atoms with Gasteiger partial charge in [-0.3, -0.25) is 4.79 Å². The van der Waals surface area contributed by atoms with Crippen LogP contribution in [0.25, 0.3) is 0 Å². The molecule has 0 radical (unpaired) electrons. The maximum absolute atomic E-state index is 12.6. The molecule has 0 aromatic heterocycles. The number of hydrogen-bond acceptors (Lipinski definition) is 7. The Hall–Kier alpha value is -3.10. The Labute approximate surface area is 182 Å². The predicted molar refractivity (Wildman–Crippen MR) is 111 cm³/mol. The summed E-state index contributed by atoms with van der Waals surface area (Å²) >= 11 is 0. The molecule has 1 aliphatic heterocycles. The van der Waals surface area contributed by atoms with Gasteiger partial charge in [-0.05, 0) is 39.2 Å². The first-order chi connectivity index (χ1) is 14.5. The van der Waals surface area contributed by atoms with Gasteiger partial charge in [0.25, 0.3) is 0 Å². The molecule has 1 aromatic carbocycles. The fraction of sp³-hybridized carbons (Fsp3) is 0.545. The van der Waals surface area contributed by atoms with Gasteiger partial charge in [0.05, 0.1) is 13.0 Å². The fourth-order valence-corrected chi connectivity index (χ4v) is 3.48. The number of alkyl carbamates (subject to hydrolysis) is 1. The van der Waals surface area contributed by atoms with Crippen LogP contribution < -0.4 is 5.32 Å². The number of likely N-dealkylation sites (tertiary alicyclic amines) is 1. The van der Waals surface area contributed by atoms with Gasteiger partial charge in [-0.15, -0.1) is 0 Å². The predicted octanol–water partition coefficient (Wildman–Crippen LogP) is 3.02. The second-order valence-corrected chi connectivity index (χ2v) is 8.38. The lowest BCUT2D eigenvalue weighted by molar-refractivity contribution is -0.186. The molecule has 1 fully saturated rings. The molecule has 1 aromatic rings. The molecule has 1 saturated heterocycles. The Morgan fingerprint density at radius 3 is 2.39 bits per heavy atom. The summed E-state index contributed by atoms with van der Waals surface area (Å²) < 4.78 is 15.3. The molecule has 1 aliphatic rings. The minimum absolute atomic E-state index is 0.116. The summed E-state index contributed by atoms with van der Waals surface area (Å²) in [5.74, 6) is -1.95. The van der Waals surface area contributed by atoms with Gasteiger partial charge in [0.2, 0.25) is 5.91 Å². The molecule has 9 heteroatoms. The Morgan fingerprint density at radius 1 is 1.16 bits per heavy atom. The molecule has 2 rings (SSSR count). The molecule has 31 heavy (non-hydrogen) atoms. The summed E-state index contributed by atoms with van der Waals surface area (Å²) in [7, 11) is 1.20. The highest BCUT2D eigenvalue weighted by Crippen LogP contribution is 2.43. The smallest absolute Gasteiger partial charge is 0.418 e. The van der Waals surface area contributed by atoms with E-state index in [1.165, 1.54) is 7.11 Å². The van der Waals surface area contributed by atoms with Crippen LogP contribution in [0.4, 0.5) is 9.59 Å². The normalized spacial score (nSPS) is 20.5. The Bertz CT molecular complexity index is 819. The lowest BCUT2D eigenvalue weighted by Gasteiger charge is -2.52. The third-order valence-corrected chi connectivity index (χ3v) is 5.04. The van der Waals surface area contributed by atoms with E-state index in [0.717, 1.165) is 10.5 Å². The third kappa shape index (κ3) is 5.53. The Balaban J connectivity index is 1.96. The van der Waals surface area contributed by atoms with Crippen molar-refractivity contribution in [2.75, 3.05) is 13.7 Å². The Morgan fingerprint density at radius 2 is 1.81 bits per heavy atom. The summed E-state index contributed by atoms with van der Waals surface area (Å²) in [6.45, 7) is 6.91. The van der Waals surface area contributed by atoms with E-state index in [2.05, 4.69) is 5.32 Å². The average molecular weight is 434 g/mol. The highest BCUT2D eigenvalue weighted by Gasteiger charge is 2.66. The van der Waals surface area contributed by atoms with Crippen molar-refractivity contribution in [2.24, 2.45) is 5.92 Å². The topological polar surface area (TPSA) is 111 Å². The first-order valence-electron chi connectivity index (χ1n) is 10.1. The van der Waals surface area contributed by atoms with E-state index >= 15 is 0 Å². The van der Waals surface area contributed by atoms with E-state index in [9.17, 15) is 19.2 Å². The lowest BCUT2D eigenvalue weighted by Crippen LogP contribution is -2.75. The average Bonchev–Trinajstić information content (AvgIpc) is 2.72. The maximum Gasteiger partial charge on any atom is 0.418 e. The van der Waals surface area contributed by atoms with Gasteiger partial charge < -0.3 is 19.5 Å². The molecule has 3 amide bonds. The van der Waals surface area contributed by atoms with E-state index in [1.807, 2.05) is 30.3 Å². The van der Waals surface area contributed by atoms with Gasteiger partial charge in [0, 0.05) is 6.54 Å². The van der Waals surface area contributed by atoms with Crippen LogP contribution in [0, 0.1) is 5.92 Å². The van der Waals surface area contributed by atoms with Crippen LogP contribution in [0.2, 0.25) is 0 Å². The quantitative estimate of drug-likeness (QED) is 0.304. The number of benzene rings is 1. The zero-order chi connectivity index (χ0) is 23.2. The minimum Gasteiger partial charge on any atom is -0.467 e. The van der Waals surface area contributed by atoms with Crippen molar-refractivity contribution in [3.8, 4) is 0 Å². The van der Waals surface area contributed by atoms with Crippen molar-refractivity contribution in [3.63, 3.8) is 0 Å². The second-order valence-electron chi connectivity index (χ2n) is 8.38. The van der Waals surface area contributed by atoms with E-state index < -0.39 is 41.1 Å². The van der Waals surface area contributed by atoms with Crippen molar-refractivity contribution in [2.45, 2.75) is 58.3 Å². The summed E-state index contributed by atoms with van der Waals surface area (Å²) in [5, 5.41) is 2.61. The standard InChI is InChI=1S/C22H30N2O7/c1-15-17(25)24(20(28)31-21(2,3)4)22(15,18(26)29-5)12-9-13-23-19(27)30-14-16-10-7-6-8-11-16/h6-8,10-11,15H,9,12-14H2,1-5H3,(H,23,27)/t15-,22+/m1/s1. The molecule has 0 bridgehead atoms. The van der Waals surface area contributed by atoms with E-state index in [-0.39, 0.29) is 19.6 Å². The molecule has 1 N–H and O–H groups in total. The van der Waals surface area contributed by atoms with Crippen molar-refractivity contribution < 1.29 is 33.4 Å². The van der Waals surface area contributed by atoms with Gasteiger partial charge in [-0.1, -0.05) is 37.3 Å². The monoisotopic (exact) mass is 434 g/mol. The fourth-order valence-electron chi connectivity index (χ4n) is 3.48. The molecule has 170 valence electrons. The van der Waals surface area contributed by atoms with Gasteiger partial charge >= 0.3 is 18.2 Å². The number of carbonyl (C=O) groups is 4. The molecule has 0 saturated carbocycles. The highest BCUT2D eigenvalue weighted by molar-refractivity contribution is 6.09. The Kier molecular flexibility index (Phi) is 7.65. The van der Waals surface area contributed by atoms with Crippen LogP contribution >= 0.6 is 0 Å². The highest BCUT2D eigenvalue weighted by atomic mass is 16.6. The van der Waals surface area contributed by atoms with Crippen LogP contribution in [0.3, 0.4) is 0 Å². The van der Waals surface area contributed by atoms with Crippen molar-refractivity contribution in [3.05, 3.63) is 35.9 Å². The van der Waals surface area contributed by atoms with Crippen LogP contribution in [-0.4, -0.2) is 53.8 Å². The third-order valence-electron chi connectivity index (χ3n) is 5.04. The SMILES string of the molecule is COC(=O)[C@]1(CCCNC(=O)OCc2ccccc2)[C@H](C)C(=O)N1C(=O)OC(C)(C)C. The number of carbonyl (C=O) groups excluding carboxylic acids is 4. The van der Waals surface area contributed by atoms with E-state index in [4.69, 9.17) is 14.2 Å². The maximum atomic E-state index is 12.6. The number of methoxy groups -OCH3 is 1. The number of β-lactam (4-membered cyclic amide) rings is 1. The molecule has 0 spiro atoms. The summed E-state index contributed by atoms with van der Waals surface area (Å²) in [6.07, 6.45) is -1.06. The van der Waals surface area contributed by atoms with Crippen LogP contribution in [0.15, 0.2) is 30.3 Å². The van der Waals surface area contributed by atoms with Gasteiger partial charge in [-0.2, -0.15) is 0 Å². The zero-order valence-corrected chi connectivity index (χ0v) is 18.6. The molecular weight excluding hydrogens is 404 g/mol. The molecular formula is C22H30N2O7. The molecule has 2 atom stereocenters. The number of rotatable bonds is 7. The number of nitrogens with one attached hydrogen (secondary N) is 1. The number of ether oxygens (including phenoxy) is 3. The van der Waals surface area contributed by atoms with Crippen molar-refractivity contribution in [1.82, 2.24) is 10.2 Å². The van der Waals surface area contributed by atoms with Crippen molar-refractivity contribution in [1.29, 1.82) is 0 Å². The number of esters is 1. The molecule has 0 aliphatic carbocycles. The van der Waals surface area contributed by atoms with Gasteiger partial charge in [0.1, 0.15) is 12.2 Å². The number of imide groups is 1. The van der Waals surface area contributed by atoms with Gasteiger partial charge in [-0.25, -0.2) is 19.3 Å². The summed E-state index contributed by atoms with van der Waals surface area (Å²) in [6, 6.07) is 9.25. The number of amides is 3. The van der Waals surface area contributed by atoms with E-state index in [1.54, 1.807) is 27.7 Å². The first kappa shape index (κ1) is 24.2. The van der Waals surface area contributed by atoms with Crippen molar-refractivity contribution >= 4 is 24.1 Å². The van der Waals surface area contributed by atoms with Crippen LogP contribution in [0.5, 0.6) is 0 Å². The first-order valence-corrected chi connectivity index (χ1v) is 10.1. The largest absolute Gasteiger partial charge is 0.467 e. The molecule has 9 nitrogen and oxygen atoms in total. The zero-order valence-electron chi connectivity index (χ0n) is 18.6. The second kappa shape index (κ2) is 9.80.